The molecule has 2 aromatic heterocycles. The molecular weight excluding hydrogens is 288 g/mol. The summed E-state index contributed by atoms with van der Waals surface area (Å²) in [5.74, 6) is 1.76. The van der Waals surface area contributed by atoms with E-state index in [1.807, 2.05) is 6.92 Å². The van der Waals surface area contributed by atoms with Crippen molar-refractivity contribution in [3.63, 3.8) is 0 Å². The van der Waals surface area contributed by atoms with Crippen molar-refractivity contribution in [1.29, 1.82) is 0 Å². The van der Waals surface area contributed by atoms with E-state index in [0.717, 1.165) is 37.5 Å². The van der Waals surface area contributed by atoms with Crippen LogP contribution in [0.3, 0.4) is 0 Å². The molecule has 0 saturated heterocycles. The third-order valence-electron chi connectivity index (χ3n) is 3.98. The maximum atomic E-state index is 11.0. The first-order valence-corrected chi connectivity index (χ1v) is 7.31. The van der Waals surface area contributed by atoms with Gasteiger partial charge in [-0.1, -0.05) is 6.42 Å². The first-order chi connectivity index (χ1) is 10.6. The fraction of sp³-hybridized carbons (Fsp3) is 0.615. The summed E-state index contributed by atoms with van der Waals surface area (Å²) in [6.45, 7) is 2.78. The number of methoxy groups -OCH3 is 1. The molecular formula is C13H18N6O3. The van der Waals surface area contributed by atoms with E-state index in [1.54, 1.807) is 0 Å². The predicted molar refractivity (Wildman–Crippen MR) is 76.8 cm³/mol. The van der Waals surface area contributed by atoms with Crippen LogP contribution in [0.4, 0.5) is 5.69 Å². The largest absolute Gasteiger partial charge is 0.475 e. The summed E-state index contributed by atoms with van der Waals surface area (Å²) >= 11 is 0. The van der Waals surface area contributed by atoms with Crippen molar-refractivity contribution in [3.05, 3.63) is 28.0 Å². The smallest absolute Gasteiger partial charge is 0.350 e. The molecule has 0 spiro atoms. The zero-order valence-corrected chi connectivity index (χ0v) is 12.6. The standard InChI is InChI=1S/C13H18N6O3/c1-9(18-8-10(19(20)21)13(16-18)22-2)12-15-14-11-6-4-3-5-7-17(11)12/h8-9H,3-7H2,1-2H3. The van der Waals surface area contributed by atoms with Crippen LogP contribution in [0.2, 0.25) is 0 Å². The summed E-state index contributed by atoms with van der Waals surface area (Å²) < 4.78 is 8.59. The fourth-order valence-corrected chi connectivity index (χ4v) is 2.77. The first-order valence-electron chi connectivity index (χ1n) is 7.31. The lowest BCUT2D eigenvalue weighted by atomic mass is 10.2. The number of hydrogen-bond donors (Lipinski definition) is 0. The molecule has 0 bridgehead atoms. The van der Waals surface area contributed by atoms with Crippen LogP contribution in [0.1, 0.15) is 43.9 Å². The fourth-order valence-electron chi connectivity index (χ4n) is 2.77. The minimum Gasteiger partial charge on any atom is -0.475 e. The van der Waals surface area contributed by atoms with E-state index >= 15 is 0 Å². The van der Waals surface area contributed by atoms with Gasteiger partial charge in [0.15, 0.2) is 5.82 Å². The first kappa shape index (κ1) is 14.5. The summed E-state index contributed by atoms with van der Waals surface area (Å²) in [6.07, 6.45) is 5.68. The highest BCUT2D eigenvalue weighted by molar-refractivity contribution is 5.38. The lowest BCUT2D eigenvalue weighted by molar-refractivity contribution is -0.385. The average Bonchev–Trinajstić information content (AvgIpc) is 3.05. The van der Waals surface area contributed by atoms with Gasteiger partial charge in [-0.25, -0.2) is 0 Å². The van der Waals surface area contributed by atoms with Gasteiger partial charge in [0.25, 0.3) is 0 Å². The van der Waals surface area contributed by atoms with Crippen LogP contribution in [-0.4, -0.2) is 36.6 Å². The lowest BCUT2D eigenvalue weighted by Crippen LogP contribution is -2.15. The van der Waals surface area contributed by atoms with Gasteiger partial charge in [0, 0.05) is 13.0 Å². The van der Waals surface area contributed by atoms with Gasteiger partial charge < -0.3 is 9.30 Å². The molecule has 1 aliphatic heterocycles. The van der Waals surface area contributed by atoms with Crippen LogP contribution in [-0.2, 0) is 13.0 Å². The number of aryl methyl sites for hydroxylation is 1. The van der Waals surface area contributed by atoms with Crippen molar-refractivity contribution in [2.75, 3.05) is 7.11 Å². The molecule has 0 saturated carbocycles. The van der Waals surface area contributed by atoms with Crippen LogP contribution in [0, 0.1) is 10.1 Å². The number of rotatable bonds is 4. The molecule has 9 heteroatoms. The third-order valence-corrected chi connectivity index (χ3v) is 3.98. The van der Waals surface area contributed by atoms with E-state index in [0.29, 0.717) is 0 Å². The minimum absolute atomic E-state index is 0.00690. The number of ether oxygens (including phenoxy) is 1. The third kappa shape index (κ3) is 2.42. The molecule has 2 aromatic rings. The number of fused-ring (bicyclic) bond motifs is 1. The van der Waals surface area contributed by atoms with Crippen molar-refractivity contribution in [2.45, 2.75) is 45.2 Å². The topological polar surface area (TPSA) is 101 Å². The highest BCUT2D eigenvalue weighted by atomic mass is 16.6. The lowest BCUT2D eigenvalue weighted by Gasteiger charge is -2.13. The zero-order valence-electron chi connectivity index (χ0n) is 12.6. The molecule has 0 radical (unpaired) electrons. The molecule has 1 atom stereocenters. The van der Waals surface area contributed by atoms with E-state index in [4.69, 9.17) is 4.74 Å². The van der Waals surface area contributed by atoms with Gasteiger partial charge in [-0.05, 0) is 19.8 Å². The molecule has 0 aliphatic carbocycles. The summed E-state index contributed by atoms with van der Waals surface area (Å²) in [7, 11) is 1.37. The maximum absolute atomic E-state index is 11.0. The molecule has 1 unspecified atom stereocenters. The van der Waals surface area contributed by atoms with Gasteiger partial charge in [-0.15, -0.1) is 15.3 Å². The summed E-state index contributed by atoms with van der Waals surface area (Å²) in [4.78, 5) is 10.5. The molecule has 9 nitrogen and oxygen atoms in total. The molecule has 22 heavy (non-hydrogen) atoms. The van der Waals surface area contributed by atoms with Crippen LogP contribution in [0.25, 0.3) is 0 Å². The Bertz CT molecular complexity index is 692. The molecule has 0 aromatic carbocycles. The Labute approximate surface area is 127 Å². The van der Waals surface area contributed by atoms with Crippen molar-refractivity contribution < 1.29 is 9.66 Å². The SMILES string of the molecule is COc1nn(C(C)c2nnc3n2CCCCC3)cc1[N+](=O)[O-]. The molecule has 118 valence electrons. The molecule has 0 amide bonds. The van der Waals surface area contributed by atoms with Crippen LogP contribution >= 0.6 is 0 Å². The Morgan fingerprint density at radius 3 is 2.86 bits per heavy atom. The Hall–Kier alpha value is -2.45. The molecule has 1 aliphatic rings. The maximum Gasteiger partial charge on any atom is 0.350 e. The Balaban J connectivity index is 1.96. The van der Waals surface area contributed by atoms with Crippen molar-refractivity contribution in [2.24, 2.45) is 0 Å². The second kappa shape index (κ2) is 5.74. The number of nitrogens with zero attached hydrogens (tertiary/aromatic N) is 6. The molecule has 0 fully saturated rings. The quantitative estimate of drug-likeness (QED) is 0.629. The molecule has 3 heterocycles. The van der Waals surface area contributed by atoms with Gasteiger partial charge in [-0.2, -0.15) is 0 Å². The highest BCUT2D eigenvalue weighted by Gasteiger charge is 2.26. The van der Waals surface area contributed by atoms with Gasteiger partial charge in [0.1, 0.15) is 18.1 Å². The van der Waals surface area contributed by atoms with Crippen LogP contribution in [0.5, 0.6) is 5.88 Å². The second-order valence-corrected chi connectivity index (χ2v) is 5.37. The van der Waals surface area contributed by atoms with Crippen molar-refractivity contribution in [1.82, 2.24) is 24.5 Å². The van der Waals surface area contributed by atoms with Gasteiger partial charge in [0.2, 0.25) is 0 Å². The molecule has 3 rings (SSSR count). The van der Waals surface area contributed by atoms with Crippen molar-refractivity contribution >= 4 is 5.69 Å². The van der Waals surface area contributed by atoms with E-state index in [-0.39, 0.29) is 17.6 Å². The Kier molecular flexibility index (Phi) is 3.78. The van der Waals surface area contributed by atoms with Crippen LogP contribution < -0.4 is 4.74 Å². The van der Waals surface area contributed by atoms with Crippen molar-refractivity contribution in [3.8, 4) is 5.88 Å². The highest BCUT2D eigenvalue weighted by Crippen LogP contribution is 2.28. The second-order valence-electron chi connectivity index (χ2n) is 5.37. The van der Waals surface area contributed by atoms with E-state index in [2.05, 4.69) is 19.9 Å². The van der Waals surface area contributed by atoms with E-state index < -0.39 is 4.92 Å². The summed E-state index contributed by atoms with van der Waals surface area (Å²) in [5, 5.41) is 23.7. The van der Waals surface area contributed by atoms with Gasteiger partial charge in [0.05, 0.1) is 12.0 Å². The van der Waals surface area contributed by atoms with E-state index in [9.17, 15) is 10.1 Å². The number of hydrogen-bond acceptors (Lipinski definition) is 6. The molecule has 0 N–H and O–H groups in total. The van der Waals surface area contributed by atoms with Gasteiger partial charge >= 0.3 is 11.6 Å². The Morgan fingerprint density at radius 2 is 2.18 bits per heavy atom. The normalized spacial score (nSPS) is 15.9. The predicted octanol–water partition coefficient (Wildman–Crippen LogP) is 1.73. The Morgan fingerprint density at radius 1 is 1.36 bits per heavy atom. The summed E-state index contributed by atoms with van der Waals surface area (Å²) in [6, 6.07) is -0.248. The van der Waals surface area contributed by atoms with Gasteiger partial charge in [-0.3, -0.25) is 14.8 Å². The number of nitro groups is 1. The van der Waals surface area contributed by atoms with E-state index in [1.165, 1.54) is 24.4 Å². The number of aromatic nitrogens is 5. The zero-order chi connectivity index (χ0) is 15.7. The summed E-state index contributed by atoms with van der Waals surface area (Å²) in [5.41, 5.74) is -0.148. The average molecular weight is 306 g/mol. The monoisotopic (exact) mass is 306 g/mol. The minimum atomic E-state index is -0.501. The van der Waals surface area contributed by atoms with Crippen LogP contribution in [0.15, 0.2) is 6.20 Å².